The summed E-state index contributed by atoms with van der Waals surface area (Å²) in [4.78, 5) is 19.8. The van der Waals surface area contributed by atoms with E-state index < -0.39 is 5.60 Å². The van der Waals surface area contributed by atoms with E-state index in [9.17, 15) is 4.79 Å². The summed E-state index contributed by atoms with van der Waals surface area (Å²) in [5.74, 6) is 1.81. The van der Waals surface area contributed by atoms with Gasteiger partial charge in [-0.2, -0.15) is 0 Å². The summed E-state index contributed by atoms with van der Waals surface area (Å²) in [6.07, 6.45) is 0.930. The van der Waals surface area contributed by atoms with Crippen LogP contribution in [0.1, 0.15) is 30.7 Å². The van der Waals surface area contributed by atoms with E-state index in [-0.39, 0.29) is 5.91 Å². The van der Waals surface area contributed by atoms with Crippen LogP contribution in [0.5, 0.6) is 17.2 Å². The summed E-state index contributed by atoms with van der Waals surface area (Å²) < 4.78 is 16.7. The fourth-order valence-electron chi connectivity index (χ4n) is 3.83. The number of rotatable bonds is 8. The van der Waals surface area contributed by atoms with Crippen molar-refractivity contribution < 1.29 is 19.0 Å². The summed E-state index contributed by atoms with van der Waals surface area (Å²) in [5, 5.41) is 6.03. The molecule has 0 bridgehead atoms. The van der Waals surface area contributed by atoms with E-state index >= 15 is 0 Å². The zero-order valence-corrected chi connectivity index (χ0v) is 21.3. The summed E-state index contributed by atoms with van der Waals surface area (Å²) >= 11 is 7.33. The molecule has 2 heterocycles. The Morgan fingerprint density at radius 1 is 1.15 bits per heavy atom. The van der Waals surface area contributed by atoms with Crippen LogP contribution in [0.15, 0.2) is 41.8 Å². The van der Waals surface area contributed by atoms with Crippen LogP contribution in [0.25, 0.3) is 0 Å². The number of thiazole rings is 1. The molecule has 9 heteroatoms. The van der Waals surface area contributed by atoms with E-state index in [1.165, 1.54) is 22.5 Å². The van der Waals surface area contributed by atoms with Gasteiger partial charge in [0.25, 0.3) is 5.91 Å². The number of fused-ring (bicyclic) bond motifs is 1. The molecule has 180 valence electrons. The lowest BCUT2D eigenvalue weighted by Crippen LogP contribution is -2.42. The molecular weight excluding hydrogens is 474 g/mol. The van der Waals surface area contributed by atoms with Crippen molar-refractivity contribution in [1.29, 1.82) is 0 Å². The summed E-state index contributed by atoms with van der Waals surface area (Å²) in [7, 11) is 3.31. The van der Waals surface area contributed by atoms with Crippen molar-refractivity contribution in [2.75, 3.05) is 26.1 Å². The Hall–Kier alpha value is -2.81. The number of carbonyl (C=O) groups is 1. The molecule has 0 atom stereocenters. The summed E-state index contributed by atoms with van der Waals surface area (Å²) in [6.45, 7) is 5.87. The molecule has 0 saturated heterocycles. The maximum absolute atomic E-state index is 12.8. The largest absolute Gasteiger partial charge is 0.493 e. The Morgan fingerprint density at radius 2 is 1.82 bits per heavy atom. The number of hydrogen-bond donors (Lipinski definition) is 1. The molecule has 0 saturated carbocycles. The molecule has 1 N–H and O–H groups in total. The average molecular weight is 502 g/mol. The third-order valence-corrected chi connectivity index (χ3v) is 6.75. The number of halogens is 1. The topological polar surface area (TPSA) is 72.9 Å². The highest BCUT2D eigenvalue weighted by Gasteiger charge is 2.31. The molecule has 0 aliphatic carbocycles. The second kappa shape index (κ2) is 10.2. The fourth-order valence-corrected chi connectivity index (χ4v) is 4.66. The number of methoxy groups -OCH3 is 2. The Morgan fingerprint density at radius 3 is 2.50 bits per heavy atom. The van der Waals surface area contributed by atoms with Crippen molar-refractivity contribution in [3.63, 3.8) is 0 Å². The molecule has 7 nitrogen and oxygen atoms in total. The zero-order valence-electron chi connectivity index (χ0n) is 19.7. The number of benzene rings is 2. The molecule has 1 aliphatic rings. The van der Waals surface area contributed by atoms with Gasteiger partial charge < -0.3 is 14.2 Å². The van der Waals surface area contributed by atoms with Crippen LogP contribution in [-0.4, -0.2) is 42.2 Å². The minimum absolute atomic E-state index is 0.267. The summed E-state index contributed by atoms with van der Waals surface area (Å²) in [6, 6.07) is 11.0. The van der Waals surface area contributed by atoms with E-state index in [0.29, 0.717) is 22.4 Å². The monoisotopic (exact) mass is 501 g/mol. The Bertz CT molecular complexity index is 1160. The van der Waals surface area contributed by atoms with Crippen LogP contribution >= 0.6 is 22.9 Å². The molecule has 0 unspecified atom stereocenters. The van der Waals surface area contributed by atoms with Gasteiger partial charge in [0.1, 0.15) is 5.75 Å². The molecular formula is C25H28ClN3O4S. The van der Waals surface area contributed by atoms with Gasteiger partial charge in [0.2, 0.25) is 0 Å². The van der Waals surface area contributed by atoms with E-state index in [1.807, 2.05) is 5.38 Å². The first-order chi connectivity index (χ1) is 16.3. The number of hydrogen-bond acceptors (Lipinski definition) is 7. The number of aromatic nitrogens is 1. The minimum Gasteiger partial charge on any atom is -0.493 e. The average Bonchev–Trinajstić information content (AvgIpc) is 3.26. The van der Waals surface area contributed by atoms with Gasteiger partial charge in [0, 0.05) is 30.0 Å². The van der Waals surface area contributed by atoms with Gasteiger partial charge in [-0.05, 0) is 67.8 Å². The second-order valence-corrected chi connectivity index (χ2v) is 9.90. The quantitative estimate of drug-likeness (QED) is 0.459. The van der Waals surface area contributed by atoms with Gasteiger partial charge in [0.15, 0.2) is 22.2 Å². The highest BCUT2D eigenvalue weighted by Crippen LogP contribution is 2.33. The zero-order chi connectivity index (χ0) is 24.3. The van der Waals surface area contributed by atoms with Crippen LogP contribution < -0.4 is 19.5 Å². The van der Waals surface area contributed by atoms with Crippen LogP contribution in [0.2, 0.25) is 5.02 Å². The number of amides is 1. The number of carbonyl (C=O) groups excluding carboxylic acids is 1. The van der Waals surface area contributed by atoms with Gasteiger partial charge in [-0.25, -0.2) is 4.98 Å². The van der Waals surface area contributed by atoms with Crippen molar-refractivity contribution in [3.05, 3.63) is 63.6 Å². The molecule has 2 aromatic carbocycles. The number of anilines is 1. The number of ether oxygens (including phenoxy) is 3. The van der Waals surface area contributed by atoms with Crippen LogP contribution in [-0.2, 0) is 24.3 Å². The van der Waals surface area contributed by atoms with E-state index in [4.69, 9.17) is 25.8 Å². The molecule has 3 aromatic rings. The lowest BCUT2D eigenvalue weighted by Gasteiger charge is -2.29. The molecule has 34 heavy (non-hydrogen) atoms. The van der Waals surface area contributed by atoms with Crippen molar-refractivity contribution in [2.24, 2.45) is 0 Å². The van der Waals surface area contributed by atoms with E-state index in [0.717, 1.165) is 36.7 Å². The fraction of sp³-hybridized carbons (Fsp3) is 0.360. The molecule has 1 amide bonds. The number of nitrogens with zero attached hydrogens (tertiary/aromatic N) is 2. The van der Waals surface area contributed by atoms with Gasteiger partial charge in [-0.3, -0.25) is 15.0 Å². The predicted molar refractivity (Wildman–Crippen MR) is 134 cm³/mol. The first kappa shape index (κ1) is 24.3. The molecule has 4 rings (SSSR count). The smallest absolute Gasteiger partial charge is 0.269 e. The van der Waals surface area contributed by atoms with Gasteiger partial charge in [0.05, 0.1) is 19.9 Å². The van der Waals surface area contributed by atoms with Gasteiger partial charge in [-0.1, -0.05) is 11.6 Å². The molecule has 1 aliphatic heterocycles. The standard InChI is InChI=1S/C25H28ClN3O4S/c1-25(2,33-20-7-5-18(26)6-8-20)23(30)28-24-27-19(15-34-24)14-29-10-9-16-11-21(31-3)22(32-4)12-17(16)13-29/h5-8,11-12,15H,9-10,13-14H2,1-4H3,(H,27,28,30). The molecule has 1 aromatic heterocycles. The summed E-state index contributed by atoms with van der Waals surface area (Å²) in [5.41, 5.74) is 2.36. The van der Waals surface area contributed by atoms with Crippen LogP contribution in [0, 0.1) is 0 Å². The first-order valence-corrected chi connectivity index (χ1v) is 12.2. The first-order valence-electron chi connectivity index (χ1n) is 10.9. The van der Waals surface area contributed by atoms with E-state index in [2.05, 4.69) is 27.3 Å². The highest BCUT2D eigenvalue weighted by atomic mass is 35.5. The third-order valence-electron chi connectivity index (χ3n) is 5.69. The maximum Gasteiger partial charge on any atom is 0.269 e. The normalized spacial score (nSPS) is 13.8. The Balaban J connectivity index is 1.36. The second-order valence-electron chi connectivity index (χ2n) is 8.60. The third kappa shape index (κ3) is 5.63. The predicted octanol–water partition coefficient (Wildman–Crippen LogP) is 5.17. The maximum atomic E-state index is 12.8. The minimum atomic E-state index is -1.07. The lowest BCUT2D eigenvalue weighted by atomic mass is 9.98. The lowest BCUT2D eigenvalue weighted by molar-refractivity contribution is -0.128. The molecule has 0 radical (unpaired) electrons. The highest BCUT2D eigenvalue weighted by molar-refractivity contribution is 7.13. The van der Waals surface area contributed by atoms with Crippen molar-refractivity contribution in [3.8, 4) is 17.2 Å². The van der Waals surface area contributed by atoms with Crippen molar-refractivity contribution in [2.45, 2.75) is 39.0 Å². The van der Waals surface area contributed by atoms with Crippen LogP contribution in [0.3, 0.4) is 0 Å². The molecule has 0 spiro atoms. The van der Waals surface area contributed by atoms with Crippen molar-refractivity contribution >= 4 is 34.0 Å². The SMILES string of the molecule is COc1cc2c(cc1OC)CN(Cc1csc(NC(=O)C(C)(C)Oc3ccc(Cl)cc3)n1)CC2. The Kier molecular flexibility index (Phi) is 7.30. The Labute approximate surface area is 208 Å². The molecule has 0 fully saturated rings. The van der Waals surface area contributed by atoms with Gasteiger partial charge >= 0.3 is 0 Å². The van der Waals surface area contributed by atoms with Gasteiger partial charge in [-0.15, -0.1) is 11.3 Å². The van der Waals surface area contributed by atoms with E-state index in [1.54, 1.807) is 52.3 Å². The number of nitrogens with one attached hydrogen (secondary N) is 1. The van der Waals surface area contributed by atoms with Crippen molar-refractivity contribution in [1.82, 2.24) is 9.88 Å². The van der Waals surface area contributed by atoms with Crippen LogP contribution in [0.4, 0.5) is 5.13 Å².